The lowest BCUT2D eigenvalue weighted by Gasteiger charge is -2.17. The van der Waals surface area contributed by atoms with Crippen LogP contribution in [0.2, 0.25) is 0 Å². The van der Waals surface area contributed by atoms with Crippen LogP contribution >= 0.6 is 11.3 Å². The van der Waals surface area contributed by atoms with Crippen molar-refractivity contribution in [2.75, 3.05) is 5.43 Å². The topological polar surface area (TPSA) is 81.1 Å². The number of nitrogens with zero attached hydrogens (tertiary/aromatic N) is 4. The number of rotatable bonds is 1. The summed E-state index contributed by atoms with van der Waals surface area (Å²) in [6.45, 7) is 2.30. The molecule has 3 aromatic heterocycles. The molecule has 3 heterocycles. The Morgan fingerprint density at radius 1 is 1.53 bits per heavy atom. The van der Waals surface area contributed by atoms with Crippen LogP contribution in [0.15, 0.2) is 6.33 Å². The van der Waals surface area contributed by atoms with E-state index in [0.29, 0.717) is 5.95 Å². The van der Waals surface area contributed by atoms with Crippen molar-refractivity contribution in [3.8, 4) is 0 Å². The van der Waals surface area contributed by atoms with Gasteiger partial charge >= 0.3 is 0 Å². The number of fused-ring (bicyclic) bond motifs is 5. The van der Waals surface area contributed by atoms with Crippen LogP contribution in [-0.2, 0) is 12.8 Å². The van der Waals surface area contributed by atoms with Crippen molar-refractivity contribution in [3.05, 3.63) is 16.8 Å². The van der Waals surface area contributed by atoms with E-state index in [-0.39, 0.29) is 0 Å². The second kappa shape index (κ2) is 3.88. The molecule has 0 spiro atoms. The fraction of sp³-hybridized carbons (Fsp3) is 0.417. The summed E-state index contributed by atoms with van der Waals surface area (Å²) in [7, 11) is 0. The van der Waals surface area contributed by atoms with Crippen LogP contribution in [0.3, 0.4) is 0 Å². The Morgan fingerprint density at radius 2 is 2.42 bits per heavy atom. The molecule has 0 unspecified atom stereocenters. The molecular weight excluding hydrogens is 260 g/mol. The smallest absolute Gasteiger partial charge is 0.241 e. The molecule has 0 fully saturated rings. The molecule has 0 amide bonds. The molecular formula is C12H14N6S. The van der Waals surface area contributed by atoms with Gasteiger partial charge in [-0.3, -0.25) is 5.43 Å². The average Bonchev–Trinajstić information content (AvgIpc) is 3.00. The quantitative estimate of drug-likeness (QED) is 0.522. The molecule has 6 nitrogen and oxygen atoms in total. The minimum absolute atomic E-state index is 0.534. The fourth-order valence-corrected chi connectivity index (χ4v) is 4.07. The van der Waals surface area contributed by atoms with Gasteiger partial charge in [0.25, 0.3) is 0 Å². The lowest BCUT2D eigenvalue weighted by Crippen LogP contribution is -2.13. The van der Waals surface area contributed by atoms with Gasteiger partial charge in [-0.25, -0.2) is 15.8 Å². The molecule has 3 N–H and O–H groups in total. The van der Waals surface area contributed by atoms with Crippen LogP contribution in [0.25, 0.3) is 15.9 Å². The summed E-state index contributed by atoms with van der Waals surface area (Å²) in [5, 5.41) is 5.35. The molecule has 4 rings (SSSR count). The molecule has 98 valence electrons. The summed E-state index contributed by atoms with van der Waals surface area (Å²) in [6, 6.07) is 0. The summed E-state index contributed by atoms with van der Waals surface area (Å²) in [5.41, 5.74) is 4.85. The Labute approximate surface area is 113 Å². The summed E-state index contributed by atoms with van der Waals surface area (Å²) in [6.07, 6.45) is 5.05. The van der Waals surface area contributed by atoms with Gasteiger partial charge in [0.05, 0.1) is 5.39 Å². The van der Waals surface area contributed by atoms with Crippen LogP contribution in [0.4, 0.5) is 5.95 Å². The number of hydrogen-bond donors (Lipinski definition) is 2. The Balaban J connectivity index is 2.12. The van der Waals surface area contributed by atoms with Crippen molar-refractivity contribution in [3.63, 3.8) is 0 Å². The molecule has 0 radical (unpaired) electrons. The van der Waals surface area contributed by atoms with E-state index in [2.05, 4.69) is 27.4 Å². The van der Waals surface area contributed by atoms with E-state index in [1.165, 1.54) is 16.9 Å². The van der Waals surface area contributed by atoms with E-state index in [0.717, 1.165) is 34.6 Å². The van der Waals surface area contributed by atoms with E-state index < -0.39 is 0 Å². The highest BCUT2D eigenvalue weighted by molar-refractivity contribution is 7.19. The van der Waals surface area contributed by atoms with Crippen molar-refractivity contribution >= 4 is 33.1 Å². The first kappa shape index (κ1) is 11.1. The van der Waals surface area contributed by atoms with Crippen LogP contribution in [0.5, 0.6) is 0 Å². The minimum atomic E-state index is 0.534. The summed E-state index contributed by atoms with van der Waals surface area (Å²) in [4.78, 5) is 11.4. The van der Waals surface area contributed by atoms with Crippen molar-refractivity contribution in [2.24, 2.45) is 11.8 Å². The first-order valence-corrected chi connectivity index (χ1v) is 7.20. The predicted octanol–water partition coefficient (Wildman–Crippen LogP) is 1.75. The van der Waals surface area contributed by atoms with Crippen molar-refractivity contribution < 1.29 is 0 Å². The molecule has 7 heteroatoms. The van der Waals surface area contributed by atoms with Crippen LogP contribution in [0.1, 0.15) is 23.8 Å². The maximum absolute atomic E-state index is 5.51. The number of anilines is 1. The summed E-state index contributed by atoms with van der Waals surface area (Å²) >= 11 is 1.76. The zero-order valence-corrected chi connectivity index (χ0v) is 11.4. The second-order valence-corrected chi connectivity index (χ2v) is 6.19. The summed E-state index contributed by atoms with van der Waals surface area (Å²) < 4.78 is 1.68. The molecule has 0 saturated carbocycles. The van der Waals surface area contributed by atoms with E-state index in [1.807, 2.05) is 0 Å². The Kier molecular flexibility index (Phi) is 2.27. The van der Waals surface area contributed by atoms with Crippen molar-refractivity contribution in [2.45, 2.75) is 26.2 Å². The Morgan fingerprint density at radius 3 is 3.26 bits per heavy atom. The van der Waals surface area contributed by atoms with Gasteiger partial charge in [-0.2, -0.15) is 9.61 Å². The maximum Gasteiger partial charge on any atom is 0.241 e. The van der Waals surface area contributed by atoms with Gasteiger partial charge in [-0.15, -0.1) is 11.3 Å². The maximum atomic E-state index is 5.51. The number of hydrazine groups is 1. The van der Waals surface area contributed by atoms with Crippen molar-refractivity contribution in [1.29, 1.82) is 0 Å². The molecule has 1 aliphatic rings. The van der Waals surface area contributed by atoms with Gasteiger partial charge in [0.15, 0.2) is 5.65 Å². The first-order valence-electron chi connectivity index (χ1n) is 6.38. The fourth-order valence-electron chi connectivity index (χ4n) is 2.86. The number of thiophene rings is 1. The zero-order valence-electron chi connectivity index (χ0n) is 10.6. The first-order chi connectivity index (χ1) is 9.28. The highest BCUT2D eigenvalue weighted by Crippen LogP contribution is 2.39. The number of nitrogen functional groups attached to an aromatic ring is 1. The average molecular weight is 274 g/mol. The van der Waals surface area contributed by atoms with Crippen LogP contribution in [0, 0.1) is 5.92 Å². The Bertz CT molecular complexity index is 773. The second-order valence-electron chi connectivity index (χ2n) is 5.11. The molecule has 1 aliphatic carbocycles. The van der Waals surface area contributed by atoms with Gasteiger partial charge in [0, 0.05) is 4.88 Å². The lowest BCUT2D eigenvalue weighted by atomic mass is 9.89. The van der Waals surface area contributed by atoms with E-state index in [1.54, 1.807) is 22.2 Å². The number of aryl methyl sites for hydroxylation is 1. The monoisotopic (exact) mass is 274 g/mol. The largest absolute Gasteiger partial charge is 0.292 e. The van der Waals surface area contributed by atoms with E-state index >= 15 is 0 Å². The molecule has 1 atom stereocenters. The molecule has 3 aromatic rings. The van der Waals surface area contributed by atoms with Crippen LogP contribution in [-0.4, -0.2) is 19.6 Å². The third-order valence-corrected chi connectivity index (χ3v) is 4.98. The number of nitrogens with two attached hydrogens (primary N) is 1. The van der Waals surface area contributed by atoms with Gasteiger partial charge in [0.1, 0.15) is 11.2 Å². The number of hydrogen-bond acceptors (Lipinski definition) is 6. The van der Waals surface area contributed by atoms with E-state index in [9.17, 15) is 0 Å². The van der Waals surface area contributed by atoms with Crippen molar-refractivity contribution in [1.82, 2.24) is 19.6 Å². The molecule has 0 saturated heterocycles. The van der Waals surface area contributed by atoms with Gasteiger partial charge < -0.3 is 0 Å². The summed E-state index contributed by atoms with van der Waals surface area (Å²) in [5.74, 6) is 6.77. The standard InChI is InChI=1S/C12H14N6S/c1-6-2-3-8-7(4-6)9-10-14-5-15-18(10)12(17-13)16-11(9)19-8/h5-6H,2-4,13H2,1H3,(H,16,17)/t6-/m1/s1. The third kappa shape index (κ3) is 1.48. The minimum Gasteiger partial charge on any atom is -0.292 e. The SMILES string of the molecule is C[C@@H]1CCc2sc3nc(NN)n4ncnc4c3c2C1. The predicted molar refractivity (Wildman–Crippen MR) is 75.2 cm³/mol. The van der Waals surface area contributed by atoms with Gasteiger partial charge in [0.2, 0.25) is 5.95 Å². The Hall–Kier alpha value is -1.73. The molecule has 0 aliphatic heterocycles. The lowest BCUT2D eigenvalue weighted by molar-refractivity contribution is 0.508. The number of nitrogens with one attached hydrogen (secondary N) is 1. The molecule has 0 aromatic carbocycles. The molecule has 19 heavy (non-hydrogen) atoms. The van der Waals surface area contributed by atoms with Gasteiger partial charge in [-0.05, 0) is 30.7 Å². The highest BCUT2D eigenvalue weighted by Gasteiger charge is 2.24. The number of aromatic nitrogens is 4. The van der Waals surface area contributed by atoms with Crippen LogP contribution < -0.4 is 11.3 Å². The van der Waals surface area contributed by atoms with E-state index in [4.69, 9.17) is 5.84 Å². The normalized spacial score (nSPS) is 18.9. The zero-order chi connectivity index (χ0) is 13.0. The highest BCUT2D eigenvalue weighted by atomic mass is 32.1. The van der Waals surface area contributed by atoms with Gasteiger partial charge in [-0.1, -0.05) is 6.92 Å². The molecule has 0 bridgehead atoms. The third-order valence-electron chi connectivity index (χ3n) is 3.80.